The maximum Gasteiger partial charge on any atom is 0.170 e. The van der Waals surface area contributed by atoms with Crippen LogP contribution >= 0.6 is 12.2 Å². The van der Waals surface area contributed by atoms with Gasteiger partial charge in [-0.3, -0.25) is 9.48 Å². The van der Waals surface area contributed by atoms with Crippen molar-refractivity contribution in [2.75, 3.05) is 11.9 Å². The van der Waals surface area contributed by atoms with Crippen molar-refractivity contribution in [3.05, 3.63) is 48.3 Å². The molecule has 0 fully saturated rings. The fourth-order valence-corrected chi connectivity index (χ4v) is 2.09. The smallest absolute Gasteiger partial charge is 0.170 e. The topological polar surface area (TPSA) is 59.0 Å². The zero-order valence-electron chi connectivity index (χ0n) is 11.9. The number of hydrogen-bond acceptors (Lipinski definition) is 3. The van der Waals surface area contributed by atoms with Gasteiger partial charge < -0.3 is 10.6 Å². The highest BCUT2D eigenvalue weighted by molar-refractivity contribution is 7.80. The second-order valence-corrected chi connectivity index (χ2v) is 5.05. The largest absolute Gasteiger partial charge is 0.362 e. The number of thiocarbonyl (C=S) groups is 1. The van der Waals surface area contributed by atoms with Crippen LogP contribution in [0.5, 0.6) is 0 Å². The van der Waals surface area contributed by atoms with Gasteiger partial charge in [-0.25, -0.2) is 0 Å². The van der Waals surface area contributed by atoms with Crippen LogP contribution < -0.4 is 10.6 Å². The molecule has 0 saturated heterocycles. The van der Waals surface area contributed by atoms with E-state index in [-0.39, 0.29) is 5.78 Å². The molecule has 0 saturated carbocycles. The highest BCUT2D eigenvalue weighted by Gasteiger charge is 2.02. The number of aromatic nitrogens is 2. The predicted molar refractivity (Wildman–Crippen MR) is 87.5 cm³/mol. The van der Waals surface area contributed by atoms with Crippen LogP contribution in [-0.4, -0.2) is 27.2 Å². The maximum absolute atomic E-state index is 11.3. The summed E-state index contributed by atoms with van der Waals surface area (Å²) in [5.74, 6) is 0.0387. The van der Waals surface area contributed by atoms with E-state index in [1.165, 1.54) is 0 Å². The average Bonchev–Trinajstić information content (AvgIpc) is 2.97. The molecule has 1 aromatic carbocycles. The molecule has 0 unspecified atom stereocenters. The van der Waals surface area contributed by atoms with Crippen molar-refractivity contribution in [1.29, 1.82) is 0 Å². The molecule has 0 bridgehead atoms. The van der Waals surface area contributed by atoms with Gasteiger partial charge in [0.2, 0.25) is 0 Å². The summed E-state index contributed by atoms with van der Waals surface area (Å²) in [7, 11) is 0. The van der Waals surface area contributed by atoms with E-state index < -0.39 is 0 Å². The Morgan fingerprint density at radius 1 is 1.38 bits per heavy atom. The van der Waals surface area contributed by atoms with E-state index in [4.69, 9.17) is 12.2 Å². The monoisotopic (exact) mass is 302 g/mol. The first-order valence-corrected chi connectivity index (χ1v) is 7.19. The van der Waals surface area contributed by atoms with Crippen molar-refractivity contribution in [3.8, 4) is 0 Å². The van der Waals surface area contributed by atoms with Crippen LogP contribution in [-0.2, 0) is 6.54 Å². The molecule has 0 atom stereocenters. The van der Waals surface area contributed by atoms with Crippen LogP contribution in [0.1, 0.15) is 23.7 Å². The van der Waals surface area contributed by atoms with E-state index in [0.29, 0.717) is 10.7 Å². The van der Waals surface area contributed by atoms with Crippen molar-refractivity contribution in [3.63, 3.8) is 0 Å². The summed E-state index contributed by atoms with van der Waals surface area (Å²) in [6.45, 7) is 3.16. The lowest BCUT2D eigenvalue weighted by atomic mass is 10.1. The molecular formula is C15H18N4OS. The summed E-state index contributed by atoms with van der Waals surface area (Å²) in [6, 6.07) is 9.19. The van der Waals surface area contributed by atoms with E-state index in [9.17, 15) is 4.79 Å². The minimum Gasteiger partial charge on any atom is -0.362 e. The molecule has 5 nitrogen and oxygen atoms in total. The number of carbonyl (C=O) groups excluding carboxylic acids is 1. The zero-order chi connectivity index (χ0) is 15.1. The third-order valence-electron chi connectivity index (χ3n) is 2.94. The number of ketones is 1. The summed E-state index contributed by atoms with van der Waals surface area (Å²) in [5, 5.41) is 10.9. The van der Waals surface area contributed by atoms with E-state index in [1.807, 2.05) is 29.1 Å². The molecule has 2 rings (SSSR count). The first-order valence-electron chi connectivity index (χ1n) is 6.78. The van der Waals surface area contributed by atoms with E-state index in [1.54, 1.807) is 25.3 Å². The molecule has 1 heterocycles. The highest BCUT2D eigenvalue weighted by Crippen LogP contribution is 2.10. The average molecular weight is 302 g/mol. The van der Waals surface area contributed by atoms with Gasteiger partial charge in [0.25, 0.3) is 0 Å². The van der Waals surface area contributed by atoms with Gasteiger partial charge in [0, 0.05) is 36.7 Å². The van der Waals surface area contributed by atoms with Gasteiger partial charge in [0.15, 0.2) is 10.9 Å². The van der Waals surface area contributed by atoms with Crippen molar-refractivity contribution in [1.82, 2.24) is 15.1 Å². The lowest BCUT2D eigenvalue weighted by Crippen LogP contribution is -2.29. The fourth-order valence-electron chi connectivity index (χ4n) is 1.87. The molecule has 0 aliphatic heterocycles. The predicted octanol–water partition coefficient (Wildman–Crippen LogP) is 2.46. The molecule has 0 radical (unpaired) electrons. The van der Waals surface area contributed by atoms with E-state index in [0.717, 1.165) is 25.2 Å². The Morgan fingerprint density at radius 2 is 2.24 bits per heavy atom. The van der Waals surface area contributed by atoms with Crippen molar-refractivity contribution >= 4 is 28.8 Å². The van der Waals surface area contributed by atoms with Crippen molar-refractivity contribution in [2.24, 2.45) is 0 Å². The summed E-state index contributed by atoms with van der Waals surface area (Å²) >= 11 is 5.23. The molecule has 2 N–H and O–H groups in total. The van der Waals surface area contributed by atoms with Crippen LogP contribution in [0.15, 0.2) is 42.7 Å². The van der Waals surface area contributed by atoms with E-state index >= 15 is 0 Å². The molecule has 21 heavy (non-hydrogen) atoms. The molecular weight excluding hydrogens is 284 g/mol. The summed E-state index contributed by atoms with van der Waals surface area (Å²) in [4.78, 5) is 11.3. The number of carbonyl (C=O) groups is 1. The molecule has 1 aromatic heterocycles. The van der Waals surface area contributed by atoms with Gasteiger partial charge >= 0.3 is 0 Å². The Hall–Kier alpha value is -2.21. The SMILES string of the molecule is CC(=O)c1cccc(NC(=S)NCCCn2cccn2)c1. The Morgan fingerprint density at radius 3 is 2.95 bits per heavy atom. The lowest BCUT2D eigenvalue weighted by Gasteiger charge is -2.11. The number of benzene rings is 1. The lowest BCUT2D eigenvalue weighted by molar-refractivity contribution is 0.101. The number of rotatable bonds is 6. The van der Waals surface area contributed by atoms with Gasteiger partial charge in [0.1, 0.15) is 0 Å². The van der Waals surface area contributed by atoms with Gasteiger partial charge in [-0.05, 0) is 43.8 Å². The van der Waals surface area contributed by atoms with Crippen molar-refractivity contribution in [2.45, 2.75) is 19.9 Å². The van der Waals surface area contributed by atoms with Crippen molar-refractivity contribution < 1.29 is 4.79 Å². The second-order valence-electron chi connectivity index (χ2n) is 4.64. The first kappa shape index (κ1) is 15.2. The number of aryl methyl sites for hydroxylation is 1. The molecule has 0 amide bonds. The molecule has 110 valence electrons. The molecule has 0 spiro atoms. The third-order valence-corrected chi connectivity index (χ3v) is 3.18. The van der Waals surface area contributed by atoms with Crippen LogP contribution in [0.2, 0.25) is 0 Å². The Labute approximate surface area is 129 Å². The zero-order valence-corrected chi connectivity index (χ0v) is 12.7. The molecule has 2 aromatic rings. The van der Waals surface area contributed by atoms with Crippen LogP contribution in [0.3, 0.4) is 0 Å². The standard InChI is InChI=1S/C15H18N4OS/c1-12(20)13-5-2-6-14(11-13)18-15(21)16-7-3-9-19-10-4-8-17-19/h2,4-6,8,10-11H,3,7,9H2,1H3,(H2,16,18,21). The quantitative estimate of drug-likeness (QED) is 0.488. The Kier molecular flexibility index (Phi) is 5.45. The normalized spacial score (nSPS) is 10.1. The van der Waals surface area contributed by atoms with Gasteiger partial charge in [0.05, 0.1) is 0 Å². The first-order chi connectivity index (χ1) is 10.1. The molecule has 6 heteroatoms. The molecule has 0 aliphatic rings. The Balaban J connectivity index is 1.74. The molecule has 0 aliphatic carbocycles. The fraction of sp³-hybridized carbons (Fsp3) is 0.267. The highest BCUT2D eigenvalue weighted by atomic mass is 32.1. The summed E-state index contributed by atoms with van der Waals surface area (Å²) in [5.41, 5.74) is 1.48. The van der Waals surface area contributed by atoms with Crippen LogP contribution in [0.4, 0.5) is 5.69 Å². The number of anilines is 1. The third kappa shape index (κ3) is 5.00. The van der Waals surface area contributed by atoms with Gasteiger partial charge in [-0.2, -0.15) is 5.10 Å². The van der Waals surface area contributed by atoms with Gasteiger partial charge in [-0.1, -0.05) is 12.1 Å². The maximum atomic E-state index is 11.3. The van der Waals surface area contributed by atoms with Gasteiger partial charge in [-0.15, -0.1) is 0 Å². The number of Topliss-reactive ketones (excluding diaryl/α,β-unsaturated/α-hetero) is 1. The van der Waals surface area contributed by atoms with Crippen LogP contribution in [0, 0.1) is 0 Å². The van der Waals surface area contributed by atoms with Crippen LogP contribution in [0.25, 0.3) is 0 Å². The van der Waals surface area contributed by atoms with E-state index in [2.05, 4.69) is 15.7 Å². The second kappa shape index (κ2) is 7.54. The minimum absolute atomic E-state index is 0.0387. The Bertz CT molecular complexity index is 610. The minimum atomic E-state index is 0.0387. The number of nitrogens with one attached hydrogen (secondary N) is 2. The summed E-state index contributed by atoms with van der Waals surface area (Å²) in [6.07, 6.45) is 4.63. The number of hydrogen-bond donors (Lipinski definition) is 2. The summed E-state index contributed by atoms with van der Waals surface area (Å²) < 4.78 is 1.88. The number of nitrogens with zero attached hydrogens (tertiary/aromatic N) is 2.